The van der Waals surface area contributed by atoms with E-state index in [0.717, 1.165) is 62.1 Å². The number of piperidine rings is 1. The first-order chi connectivity index (χ1) is 18.5. The van der Waals surface area contributed by atoms with Crippen LogP contribution in [0.3, 0.4) is 0 Å². The highest BCUT2D eigenvalue weighted by Crippen LogP contribution is 2.30. The highest BCUT2D eigenvalue weighted by atomic mass is 16.2. The van der Waals surface area contributed by atoms with Crippen molar-refractivity contribution in [2.24, 2.45) is 5.92 Å². The van der Waals surface area contributed by atoms with Gasteiger partial charge < -0.3 is 20.9 Å². The first-order valence-corrected chi connectivity index (χ1v) is 14.1. The first kappa shape index (κ1) is 27.6. The molecule has 6 heteroatoms. The van der Waals surface area contributed by atoms with Crippen molar-refractivity contribution in [3.05, 3.63) is 72.3 Å². The number of nitrogens with zero attached hydrogens (tertiary/aromatic N) is 1. The fraction of sp³-hybridized carbons (Fsp3) is 0.438. The van der Waals surface area contributed by atoms with Crippen molar-refractivity contribution in [3.8, 4) is 0 Å². The second-order valence-corrected chi connectivity index (χ2v) is 10.7. The lowest BCUT2D eigenvalue weighted by molar-refractivity contribution is -0.118. The van der Waals surface area contributed by atoms with E-state index in [2.05, 4.69) is 51.2 Å². The molecule has 4 rings (SSSR count). The van der Waals surface area contributed by atoms with Crippen LogP contribution in [0.2, 0.25) is 0 Å². The molecule has 3 aromatic rings. The molecule has 1 aliphatic heterocycles. The van der Waals surface area contributed by atoms with Gasteiger partial charge in [0.15, 0.2) is 0 Å². The SMILES string of the molecule is CC(C)C(=O)Nc1cccc(C2CCN(CCCCCCNC(=O)Nc3ccc4ccccc4c3)CC2)c1. The largest absolute Gasteiger partial charge is 0.338 e. The predicted molar refractivity (Wildman–Crippen MR) is 158 cm³/mol. The van der Waals surface area contributed by atoms with Crippen LogP contribution < -0.4 is 16.0 Å². The number of likely N-dealkylation sites (tertiary alicyclic amines) is 1. The Bertz CT molecular complexity index is 1200. The fourth-order valence-corrected chi connectivity index (χ4v) is 5.11. The van der Waals surface area contributed by atoms with Gasteiger partial charge in [-0.05, 0) is 91.8 Å². The van der Waals surface area contributed by atoms with Crippen LogP contribution in [0.15, 0.2) is 66.7 Å². The number of hydrogen-bond donors (Lipinski definition) is 3. The number of unbranched alkanes of at least 4 members (excludes halogenated alkanes) is 3. The lowest BCUT2D eigenvalue weighted by Gasteiger charge is -2.32. The van der Waals surface area contributed by atoms with Crippen LogP contribution >= 0.6 is 0 Å². The number of fused-ring (bicyclic) bond motifs is 1. The summed E-state index contributed by atoms with van der Waals surface area (Å²) >= 11 is 0. The van der Waals surface area contributed by atoms with Crippen molar-refractivity contribution < 1.29 is 9.59 Å². The van der Waals surface area contributed by atoms with E-state index >= 15 is 0 Å². The Kier molecular flexibility index (Phi) is 10.2. The summed E-state index contributed by atoms with van der Waals surface area (Å²) in [7, 11) is 0. The zero-order valence-electron chi connectivity index (χ0n) is 22.8. The third kappa shape index (κ3) is 8.32. The van der Waals surface area contributed by atoms with Crippen molar-refractivity contribution in [1.82, 2.24) is 10.2 Å². The second kappa shape index (κ2) is 14.0. The Morgan fingerprint density at radius 3 is 2.34 bits per heavy atom. The third-order valence-corrected chi connectivity index (χ3v) is 7.43. The minimum absolute atomic E-state index is 0.0151. The van der Waals surface area contributed by atoms with Gasteiger partial charge in [0.25, 0.3) is 0 Å². The maximum absolute atomic E-state index is 12.2. The van der Waals surface area contributed by atoms with Crippen LogP contribution in [0.1, 0.15) is 63.9 Å². The molecule has 3 aromatic carbocycles. The minimum atomic E-state index is -0.143. The van der Waals surface area contributed by atoms with Crippen LogP contribution in [0, 0.1) is 5.92 Å². The number of rotatable bonds is 11. The number of carbonyl (C=O) groups excluding carboxylic acids is 2. The molecule has 0 bridgehead atoms. The van der Waals surface area contributed by atoms with Gasteiger partial charge in [-0.2, -0.15) is 0 Å². The van der Waals surface area contributed by atoms with E-state index in [0.29, 0.717) is 12.5 Å². The highest BCUT2D eigenvalue weighted by Gasteiger charge is 2.20. The van der Waals surface area contributed by atoms with E-state index in [4.69, 9.17) is 0 Å². The number of anilines is 2. The molecule has 1 saturated heterocycles. The molecule has 3 N–H and O–H groups in total. The van der Waals surface area contributed by atoms with E-state index in [-0.39, 0.29) is 17.9 Å². The summed E-state index contributed by atoms with van der Waals surface area (Å²) in [6.07, 6.45) is 6.84. The van der Waals surface area contributed by atoms with Crippen molar-refractivity contribution >= 4 is 34.1 Å². The Hall–Kier alpha value is -3.38. The molecular formula is C32H42N4O2. The first-order valence-electron chi connectivity index (χ1n) is 14.1. The van der Waals surface area contributed by atoms with Crippen LogP contribution in [0.5, 0.6) is 0 Å². The lowest BCUT2D eigenvalue weighted by atomic mass is 9.89. The van der Waals surface area contributed by atoms with Gasteiger partial charge >= 0.3 is 6.03 Å². The quantitative estimate of drug-likeness (QED) is 0.241. The van der Waals surface area contributed by atoms with Crippen molar-refractivity contribution in [2.75, 3.05) is 36.8 Å². The molecule has 0 saturated carbocycles. The van der Waals surface area contributed by atoms with Crippen molar-refractivity contribution in [2.45, 2.75) is 58.3 Å². The molecule has 6 nitrogen and oxygen atoms in total. The summed E-state index contributed by atoms with van der Waals surface area (Å²) < 4.78 is 0. The molecule has 0 unspecified atom stereocenters. The maximum Gasteiger partial charge on any atom is 0.319 e. The van der Waals surface area contributed by atoms with Gasteiger partial charge in [0.1, 0.15) is 0 Å². The molecule has 3 amide bonds. The molecule has 38 heavy (non-hydrogen) atoms. The topological polar surface area (TPSA) is 73.5 Å². The number of urea groups is 1. The van der Waals surface area contributed by atoms with Crippen molar-refractivity contribution in [3.63, 3.8) is 0 Å². The average Bonchev–Trinajstić information content (AvgIpc) is 2.93. The summed E-state index contributed by atoms with van der Waals surface area (Å²) in [5, 5.41) is 11.2. The third-order valence-electron chi connectivity index (χ3n) is 7.43. The van der Waals surface area contributed by atoms with Crippen LogP contribution in [-0.2, 0) is 4.79 Å². The number of benzene rings is 3. The number of carbonyl (C=O) groups is 2. The zero-order chi connectivity index (χ0) is 26.7. The predicted octanol–water partition coefficient (Wildman–Crippen LogP) is 7.00. The van der Waals surface area contributed by atoms with Gasteiger partial charge in [0.2, 0.25) is 5.91 Å². The molecule has 1 heterocycles. The Morgan fingerprint density at radius 1 is 0.816 bits per heavy atom. The van der Waals surface area contributed by atoms with E-state index in [9.17, 15) is 9.59 Å². The summed E-state index contributed by atoms with van der Waals surface area (Å²) in [4.78, 5) is 26.8. The molecular weight excluding hydrogens is 472 g/mol. The van der Waals surface area contributed by atoms with E-state index in [1.807, 2.05) is 50.2 Å². The molecule has 1 aliphatic rings. The Balaban J connectivity index is 1.06. The summed E-state index contributed by atoms with van der Waals surface area (Å²) in [6.45, 7) is 7.93. The summed E-state index contributed by atoms with van der Waals surface area (Å²) in [5.74, 6) is 0.615. The number of hydrogen-bond acceptors (Lipinski definition) is 3. The van der Waals surface area contributed by atoms with E-state index in [1.54, 1.807) is 0 Å². The zero-order valence-corrected chi connectivity index (χ0v) is 22.8. The standard InChI is InChI=1S/C32H42N4O2/c1-24(2)31(37)34-29-13-9-12-28(22-29)26-16-20-36(21-17-26)19-8-4-3-7-18-33-32(38)35-30-15-14-25-10-5-6-11-27(25)23-30/h5-6,9-15,22-24,26H,3-4,7-8,16-21H2,1-2H3,(H,34,37)(H2,33,35,38). The van der Waals surface area contributed by atoms with E-state index < -0.39 is 0 Å². The normalized spacial score (nSPS) is 14.5. The molecule has 202 valence electrons. The van der Waals surface area contributed by atoms with Crippen molar-refractivity contribution in [1.29, 1.82) is 0 Å². The molecule has 1 fully saturated rings. The summed E-state index contributed by atoms with van der Waals surface area (Å²) in [6, 6.07) is 22.3. The fourth-order valence-electron chi connectivity index (χ4n) is 5.11. The number of amides is 3. The molecule has 0 aromatic heterocycles. The minimum Gasteiger partial charge on any atom is -0.338 e. The maximum atomic E-state index is 12.2. The van der Waals surface area contributed by atoms with Gasteiger partial charge in [0, 0.05) is 23.8 Å². The van der Waals surface area contributed by atoms with E-state index in [1.165, 1.54) is 23.8 Å². The van der Waals surface area contributed by atoms with Gasteiger partial charge in [0.05, 0.1) is 0 Å². The van der Waals surface area contributed by atoms with Crippen LogP contribution in [0.4, 0.5) is 16.2 Å². The average molecular weight is 515 g/mol. The van der Waals surface area contributed by atoms with Gasteiger partial charge in [-0.3, -0.25) is 4.79 Å². The monoisotopic (exact) mass is 514 g/mol. The van der Waals surface area contributed by atoms with Gasteiger partial charge in [-0.1, -0.05) is 69.2 Å². The number of nitrogens with one attached hydrogen (secondary N) is 3. The lowest BCUT2D eigenvalue weighted by Crippen LogP contribution is -2.33. The molecule has 0 radical (unpaired) electrons. The molecule has 0 atom stereocenters. The smallest absolute Gasteiger partial charge is 0.319 e. The molecule has 0 spiro atoms. The summed E-state index contributed by atoms with van der Waals surface area (Å²) in [5.41, 5.74) is 3.06. The van der Waals surface area contributed by atoms with Crippen LogP contribution in [0.25, 0.3) is 10.8 Å². The molecule has 0 aliphatic carbocycles. The Morgan fingerprint density at radius 2 is 1.55 bits per heavy atom. The Labute approximate surface area is 227 Å². The van der Waals surface area contributed by atoms with Gasteiger partial charge in [-0.25, -0.2) is 4.79 Å². The second-order valence-electron chi connectivity index (χ2n) is 10.7. The van der Waals surface area contributed by atoms with Gasteiger partial charge in [-0.15, -0.1) is 0 Å². The van der Waals surface area contributed by atoms with Crippen LogP contribution in [-0.4, -0.2) is 43.0 Å². The highest BCUT2D eigenvalue weighted by molar-refractivity contribution is 5.93.